The minimum Gasteiger partial charge on any atom is -0.443 e. The van der Waals surface area contributed by atoms with Crippen LogP contribution in [-0.4, -0.2) is 33.1 Å². The second-order valence-corrected chi connectivity index (χ2v) is 5.26. The number of alkyl halides is 1. The molecule has 0 aromatic carbocycles. The van der Waals surface area contributed by atoms with Gasteiger partial charge in [-0.05, 0) is 26.2 Å². The molecule has 3 N–H and O–H groups in total. The van der Waals surface area contributed by atoms with Gasteiger partial charge in [-0.25, -0.2) is 19.3 Å². The Morgan fingerprint density at radius 2 is 2.27 bits per heavy atom. The lowest BCUT2D eigenvalue weighted by atomic mass is 10.2. The number of nitrogen functional groups attached to an aromatic ring is 1. The van der Waals surface area contributed by atoms with Crippen molar-refractivity contribution in [2.24, 2.45) is 0 Å². The van der Waals surface area contributed by atoms with Crippen molar-refractivity contribution in [2.75, 3.05) is 5.73 Å². The smallest absolute Gasteiger partial charge is 0.274 e. The van der Waals surface area contributed by atoms with Crippen LogP contribution in [0, 0.1) is 6.92 Å². The normalized spacial score (nSPS) is 21.0. The van der Waals surface area contributed by atoms with E-state index < -0.39 is 18.1 Å². The summed E-state index contributed by atoms with van der Waals surface area (Å²) in [5.41, 5.74) is 6.64. The Morgan fingerprint density at radius 1 is 1.45 bits per heavy atom. The van der Waals surface area contributed by atoms with Crippen LogP contribution in [0.15, 0.2) is 16.9 Å². The van der Waals surface area contributed by atoms with Gasteiger partial charge in [0.2, 0.25) is 5.89 Å². The summed E-state index contributed by atoms with van der Waals surface area (Å²) >= 11 is 0. The molecule has 2 aromatic heterocycles. The molecule has 8 heteroatoms. The maximum atomic E-state index is 13.6. The van der Waals surface area contributed by atoms with E-state index in [0.717, 1.165) is 6.42 Å². The molecule has 1 saturated carbocycles. The first-order chi connectivity index (χ1) is 10.6. The van der Waals surface area contributed by atoms with Gasteiger partial charge in [-0.1, -0.05) is 0 Å². The Kier molecular flexibility index (Phi) is 3.74. The summed E-state index contributed by atoms with van der Waals surface area (Å²) in [7, 11) is 0. The van der Waals surface area contributed by atoms with Gasteiger partial charge < -0.3 is 15.5 Å². The number of nitrogens with one attached hydrogen (secondary N) is 1. The van der Waals surface area contributed by atoms with Crippen LogP contribution in [0.4, 0.5) is 10.2 Å². The lowest BCUT2D eigenvalue weighted by Crippen LogP contribution is -2.39. The number of amides is 1. The van der Waals surface area contributed by atoms with E-state index in [4.69, 9.17) is 10.2 Å². The summed E-state index contributed by atoms with van der Waals surface area (Å²) < 4.78 is 18.7. The topological polar surface area (TPSA) is 107 Å². The van der Waals surface area contributed by atoms with E-state index in [1.165, 1.54) is 12.5 Å². The van der Waals surface area contributed by atoms with E-state index in [1.54, 1.807) is 6.92 Å². The van der Waals surface area contributed by atoms with Crippen LogP contribution in [0.5, 0.6) is 0 Å². The molecule has 1 aliphatic rings. The zero-order chi connectivity index (χ0) is 15.7. The predicted molar refractivity (Wildman–Crippen MR) is 76.7 cm³/mol. The molecule has 1 amide bonds. The van der Waals surface area contributed by atoms with Crippen LogP contribution < -0.4 is 11.1 Å². The van der Waals surface area contributed by atoms with E-state index in [-0.39, 0.29) is 17.4 Å². The van der Waals surface area contributed by atoms with Crippen molar-refractivity contribution in [3.05, 3.63) is 23.8 Å². The summed E-state index contributed by atoms with van der Waals surface area (Å²) in [5.74, 6) is -0.269. The maximum Gasteiger partial charge on any atom is 0.274 e. The number of aryl methyl sites for hydroxylation is 1. The molecule has 1 fully saturated rings. The highest BCUT2D eigenvalue weighted by atomic mass is 19.1. The van der Waals surface area contributed by atoms with Crippen molar-refractivity contribution in [2.45, 2.75) is 38.4 Å². The first-order valence-corrected chi connectivity index (χ1v) is 7.05. The van der Waals surface area contributed by atoms with Gasteiger partial charge in [0.05, 0.1) is 17.9 Å². The molecule has 2 aromatic rings. The highest BCUT2D eigenvalue weighted by Gasteiger charge is 2.30. The van der Waals surface area contributed by atoms with Crippen molar-refractivity contribution in [1.29, 1.82) is 0 Å². The third-order valence-electron chi connectivity index (χ3n) is 3.70. The lowest BCUT2D eigenvalue weighted by molar-refractivity contribution is 0.0914. The minimum absolute atomic E-state index is 0.00749. The highest BCUT2D eigenvalue weighted by Crippen LogP contribution is 2.24. The number of hydrogen-bond acceptors (Lipinski definition) is 6. The zero-order valence-corrected chi connectivity index (χ0v) is 12.0. The number of rotatable bonds is 3. The van der Waals surface area contributed by atoms with Crippen LogP contribution in [-0.2, 0) is 0 Å². The molecule has 116 valence electrons. The number of halogens is 1. The molecule has 1 aliphatic carbocycles. The summed E-state index contributed by atoms with van der Waals surface area (Å²) in [6, 6.07) is -0.486. The van der Waals surface area contributed by atoms with E-state index in [1.807, 2.05) is 0 Å². The molecule has 0 unspecified atom stereocenters. The summed E-state index contributed by atoms with van der Waals surface area (Å²) in [6.45, 7) is 1.68. The third-order valence-corrected chi connectivity index (χ3v) is 3.70. The molecule has 2 heterocycles. The SMILES string of the molecule is Cc1nc(C(=O)N[C@H]2CCC[C@H]2F)c(N)nc1-c1ncco1. The largest absolute Gasteiger partial charge is 0.443 e. The van der Waals surface area contributed by atoms with Gasteiger partial charge in [0.1, 0.15) is 18.1 Å². The summed E-state index contributed by atoms with van der Waals surface area (Å²) in [4.78, 5) is 24.5. The molecule has 0 spiro atoms. The number of oxazole rings is 1. The fourth-order valence-electron chi connectivity index (χ4n) is 2.56. The third kappa shape index (κ3) is 2.63. The fourth-order valence-corrected chi connectivity index (χ4v) is 2.56. The lowest BCUT2D eigenvalue weighted by Gasteiger charge is -2.15. The molecule has 7 nitrogen and oxygen atoms in total. The number of carbonyl (C=O) groups is 1. The van der Waals surface area contributed by atoms with Crippen molar-refractivity contribution < 1.29 is 13.6 Å². The van der Waals surface area contributed by atoms with Crippen LogP contribution >= 0.6 is 0 Å². The molecule has 0 bridgehead atoms. The van der Waals surface area contributed by atoms with Crippen LogP contribution in [0.3, 0.4) is 0 Å². The highest BCUT2D eigenvalue weighted by molar-refractivity contribution is 5.96. The molecule has 22 heavy (non-hydrogen) atoms. The number of carbonyl (C=O) groups excluding carboxylic acids is 1. The summed E-state index contributed by atoms with van der Waals surface area (Å²) in [6.07, 6.45) is 3.71. The molecule has 2 atom stereocenters. The minimum atomic E-state index is -1.02. The van der Waals surface area contributed by atoms with Gasteiger partial charge >= 0.3 is 0 Å². The van der Waals surface area contributed by atoms with Gasteiger partial charge in [-0.2, -0.15) is 0 Å². The average molecular weight is 305 g/mol. The second-order valence-electron chi connectivity index (χ2n) is 5.26. The van der Waals surface area contributed by atoms with Crippen molar-refractivity contribution in [1.82, 2.24) is 20.3 Å². The van der Waals surface area contributed by atoms with Crippen molar-refractivity contribution >= 4 is 11.7 Å². The monoisotopic (exact) mass is 305 g/mol. The van der Waals surface area contributed by atoms with Crippen LogP contribution in [0.1, 0.15) is 35.4 Å². The van der Waals surface area contributed by atoms with E-state index in [2.05, 4.69) is 20.3 Å². The standard InChI is InChI=1S/C14H16FN5O2/c1-7-10(14-17-5-6-22-14)20-12(16)11(18-7)13(21)19-9-4-2-3-8(9)15/h5-6,8-9H,2-4H2,1H3,(H2,16,20)(H,19,21)/t8-,9+/m1/s1. The quantitative estimate of drug-likeness (QED) is 0.892. The maximum absolute atomic E-state index is 13.6. The van der Waals surface area contributed by atoms with Gasteiger partial charge in [-0.15, -0.1) is 0 Å². The fraction of sp³-hybridized carbons (Fsp3) is 0.429. The average Bonchev–Trinajstić information content (AvgIpc) is 3.13. The molecule has 3 rings (SSSR count). The number of anilines is 1. The number of hydrogen-bond donors (Lipinski definition) is 2. The first kappa shape index (κ1) is 14.4. The Labute approximate surface area is 126 Å². The van der Waals surface area contributed by atoms with Crippen LogP contribution in [0.2, 0.25) is 0 Å². The molecule has 0 radical (unpaired) electrons. The Bertz CT molecular complexity index is 689. The number of nitrogens with zero attached hydrogens (tertiary/aromatic N) is 3. The molecular formula is C14H16FN5O2. The number of aromatic nitrogens is 3. The summed E-state index contributed by atoms with van der Waals surface area (Å²) in [5, 5.41) is 2.63. The Morgan fingerprint density at radius 3 is 2.91 bits per heavy atom. The molecular weight excluding hydrogens is 289 g/mol. The Balaban J connectivity index is 1.85. The van der Waals surface area contributed by atoms with E-state index in [0.29, 0.717) is 24.2 Å². The Hall–Kier alpha value is -2.51. The van der Waals surface area contributed by atoms with E-state index >= 15 is 0 Å². The number of nitrogens with two attached hydrogens (primary N) is 1. The predicted octanol–water partition coefficient (Wildman–Crippen LogP) is 1.64. The molecule has 0 aliphatic heterocycles. The van der Waals surface area contributed by atoms with Crippen LogP contribution in [0.25, 0.3) is 11.6 Å². The zero-order valence-electron chi connectivity index (χ0n) is 12.0. The second kappa shape index (κ2) is 5.70. The van der Waals surface area contributed by atoms with Crippen molar-refractivity contribution in [3.63, 3.8) is 0 Å². The van der Waals surface area contributed by atoms with E-state index in [9.17, 15) is 9.18 Å². The van der Waals surface area contributed by atoms with Gasteiger partial charge in [-0.3, -0.25) is 4.79 Å². The van der Waals surface area contributed by atoms with Crippen molar-refractivity contribution in [3.8, 4) is 11.6 Å². The van der Waals surface area contributed by atoms with Gasteiger partial charge in [0.15, 0.2) is 11.5 Å². The first-order valence-electron chi connectivity index (χ1n) is 7.05. The van der Waals surface area contributed by atoms with Gasteiger partial charge in [0.25, 0.3) is 5.91 Å². The van der Waals surface area contributed by atoms with Gasteiger partial charge in [0, 0.05) is 0 Å². The molecule has 0 saturated heterocycles.